The highest BCUT2D eigenvalue weighted by atomic mass is 79.9. The van der Waals surface area contributed by atoms with Crippen LogP contribution < -0.4 is 4.74 Å². The van der Waals surface area contributed by atoms with Crippen LogP contribution >= 0.6 is 15.9 Å². The van der Waals surface area contributed by atoms with E-state index in [9.17, 15) is 4.39 Å². The monoisotopic (exact) mass is 329 g/mol. The van der Waals surface area contributed by atoms with Crippen LogP contribution in [-0.4, -0.2) is 0 Å². The Kier molecular flexibility index (Phi) is 3.29. The minimum absolute atomic E-state index is 0.300. The summed E-state index contributed by atoms with van der Waals surface area (Å²) in [5.74, 6) is 0.271. The summed E-state index contributed by atoms with van der Waals surface area (Å²) >= 11 is 3.45. The van der Waals surface area contributed by atoms with Crippen LogP contribution in [0, 0.1) is 17.1 Å². The zero-order chi connectivity index (χ0) is 14.1. The normalized spacial score (nSPS) is 16.1. The summed E-state index contributed by atoms with van der Waals surface area (Å²) < 4.78 is 20.8. The molecule has 3 rings (SSSR count). The number of fused-ring (bicyclic) bond motifs is 1. The van der Waals surface area contributed by atoms with E-state index in [1.165, 1.54) is 6.07 Å². The summed E-state index contributed by atoms with van der Waals surface area (Å²) in [5, 5.41) is 8.76. The van der Waals surface area contributed by atoms with Crippen molar-refractivity contribution in [2.45, 2.75) is 6.10 Å². The van der Waals surface area contributed by atoms with E-state index in [2.05, 4.69) is 15.9 Å². The highest BCUT2D eigenvalue weighted by molar-refractivity contribution is 9.10. The number of rotatable bonds is 1. The van der Waals surface area contributed by atoms with Gasteiger partial charge in [-0.1, -0.05) is 34.1 Å². The fraction of sp³-hybridized carbons (Fsp3) is 0.0625. The SMILES string of the molecule is N#Cc1ccc(C2C=Cc3c(Br)cccc3O2)c(F)c1. The van der Waals surface area contributed by atoms with E-state index in [0.29, 0.717) is 16.9 Å². The summed E-state index contributed by atoms with van der Waals surface area (Å²) in [7, 11) is 0. The molecular formula is C16H9BrFNO. The molecule has 4 heteroatoms. The van der Waals surface area contributed by atoms with Crippen molar-refractivity contribution < 1.29 is 9.13 Å². The van der Waals surface area contributed by atoms with Crippen molar-refractivity contribution in [2.75, 3.05) is 0 Å². The topological polar surface area (TPSA) is 33.0 Å². The van der Waals surface area contributed by atoms with E-state index in [1.54, 1.807) is 18.2 Å². The van der Waals surface area contributed by atoms with E-state index >= 15 is 0 Å². The number of hydrogen-bond donors (Lipinski definition) is 0. The number of halogens is 2. The second kappa shape index (κ2) is 5.10. The molecule has 1 atom stereocenters. The van der Waals surface area contributed by atoms with Gasteiger partial charge >= 0.3 is 0 Å². The fourth-order valence-corrected chi connectivity index (χ4v) is 2.62. The Morgan fingerprint density at radius 3 is 2.85 bits per heavy atom. The molecule has 0 saturated carbocycles. The summed E-state index contributed by atoms with van der Waals surface area (Å²) in [4.78, 5) is 0. The molecule has 0 fully saturated rings. The molecule has 0 aromatic heterocycles. The standard InChI is InChI=1S/C16H9BrFNO/c17-13-2-1-3-15-11(13)6-7-16(20-15)12-5-4-10(9-19)8-14(12)18/h1-8,16H. The van der Waals surface area contributed by atoms with Gasteiger partial charge in [0.05, 0.1) is 11.6 Å². The van der Waals surface area contributed by atoms with Gasteiger partial charge in [-0.2, -0.15) is 5.26 Å². The van der Waals surface area contributed by atoms with Crippen molar-refractivity contribution in [1.82, 2.24) is 0 Å². The zero-order valence-electron chi connectivity index (χ0n) is 10.3. The van der Waals surface area contributed by atoms with Gasteiger partial charge in [-0.15, -0.1) is 0 Å². The van der Waals surface area contributed by atoms with Crippen LogP contribution in [0.2, 0.25) is 0 Å². The molecule has 0 bridgehead atoms. The molecule has 1 aliphatic rings. The lowest BCUT2D eigenvalue weighted by atomic mass is 10.0. The van der Waals surface area contributed by atoms with Crippen molar-refractivity contribution in [2.24, 2.45) is 0 Å². The van der Waals surface area contributed by atoms with Crippen molar-refractivity contribution in [3.63, 3.8) is 0 Å². The number of benzene rings is 2. The van der Waals surface area contributed by atoms with Gasteiger partial charge in [0.15, 0.2) is 0 Å². The minimum atomic E-state index is -0.482. The lowest BCUT2D eigenvalue weighted by Gasteiger charge is -2.22. The maximum absolute atomic E-state index is 14.0. The zero-order valence-corrected chi connectivity index (χ0v) is 11.9. The third kappa shape index (κ3) is 2.21. The average Bonchev–Trinajstić information content (AvgIpc) is 2.47. The summed E-state index contributed by atoms with van der Waals surface area (Å²) in [6.07, 6.45) is 3.23. The molecule has 0 aliphatic carbocycles. The molecular weight excluding hydrogens is 321 g/mol. The van der Waals surface area contributed by atoms with Crippen molar-refractivity contribution in [3.8, 4) is 11.8 Å². The lowest BCUT2D eigenvalue weighted by molar-refractivity contribution is 0.246. The van der Waals surface area contributed by atoms with Crippen molar-refractivity contribution in [3.05, 3.63) is 69.5 Å². The first-order valence-electron chi connectivity index (χ1n) is 6.02. The summed E-state index contributed by atoms with van der Waals surface area (Å²) in [6, 6.07) is 12.0. The molecule has 0 spiro atoms. The van der Waals surface area contributed by atoms with Crippen LogP contribution in [0.25, 0.3) is 6.08 Å². The van der Waals surface area contributed by atoms with Gasteiger partial charge in [0.1, 0.15) is 17.7 Å². The van der Waals surface area contributed by atoms with Crippen LogP contribution in [0.15, 0.2) is 46.9 Å². The fourth-order valence-electron chi connectivity index (χ4n) is 2.14. The highest BCUT2D eigenvalue weighted by Crippen LogP contribution is 2.37. The molecule has 0 amide bonds. The van der Waals surface area contributed by atoms with Gasteiger partial charge in [-0.05, 0) is 30.3 Å². The first-order chi connectivity index (χ1) is 9.69. The third-order valence-electron chi connectivity index (χ3n) is 3.14. The third-order valence-corrected chi connectivity index (χ3v) is 3.83. The van der Waals surface area contributed by atoms with E-state index < -0.39 is 11.9 Å². The van der Waals surface area contributed by atoms with Crippen LogP contribution in [-0.2, 0) is 0 Å². The lowest BCUT2D eigenvalue weighted by Crippen LogP contribution is -2.11. The number of nitrogens with zero attached hydrogens (tertiary/aromatic N) is 1. The molecule has 1 heterocycles. The predicted molar refractivity (Wildman–Crippen MR) is 77.7 cm³/mol. The molecule has 1 unspecified atom stereocenters. The molecule has 0 N–H and O–H groups in total. The Hall–Kier alpha value is -2.12. The van der Waals surface area contributed by atoms with E-state index in [4.69, 9.17) is 10.00 Å². The second-order valence-electron chi connectivity index (χ2n) is 4.40. The van der Waals surface area contributed by atoms with Gasteiger partial charge in [0.2, 0.25) is 0 Å². The maximum Gasteiger partial charge on any atom is 0.145 e. The van der Waals surface area contributed by atoms with Crippen LogP contribution in [0.3, 0.4) is 0 Å². The Bertz CT molecular complexity index is 749. The molecule has 98 valence electrons. The van der Waals surface area contributed by atoms with Crippen LogP contribution in [0.4, 0.5) is 4.39 Å². The van der Waals surface area contributed by atoms with Crippen molar-refractivity contribution >= 4 is 22.0 Å². The second-order valence-corrected chi connectivity index (χ2v) is 5.25. The first kappa shape index (κ1) is 12.9. The summed E-state index contributed by atoms with van der Waals surface area (Å²) in [6.45, 7) is 0. The number of ether oxygens (including phenoxy) is 1. The predicted octanol–water partition coefficient (Wildman–Crippen LogP) is 4.61. The molecule has 0 radical (unpaired) electrons. The van der Waals surface area contributed by atoms with Gasteiger partial charge in [-0.25, -0.2) is 4.39 Å². The molecule has 20 heavy (non-hydrogen) atoms. The minimum Gasteiger partial charge on any atom is -0.481 e. The Balaban J connectivity index is 1.98. The van der Waals surface area contributed by atoms with Gasteiger partial charge in [-0.3, -0.25) is 0 Å². The number of hydrogen-bond acceptors (Lipinski definition) is 2. The molecule has 2 nitrogen and oxygen atoms in total. The van der Waals surface area contributed by atoms with Gasteiger partial charge < -0.3 is 4.74 Å². The average molecular weight is 330 g/mol. The molecule has 2 aromatic carbocycles. The maximum atomic E-state index is 14.0. The number of nitriles is 1. The quantitative estimate of drug-likeness (QED) is 0.765. The van der Waals surface area contributed by atoms with E-state index in [0.717, 1.165) is 10.0 Å². The van der Waals surface area contributed by atoms with E-state index in [1.807, 2.05) is 30.3 Å². The smallest absolute Gasteiger partial charge is 0.145 e. The van der Waals surface area contributed by atoms with Crippen molar-refractivity contribution in [1.29, 1.82) is 5.26 Å². The highest BCUT2D eigenvalue weighted by Gasteiger charge is 2.20. The Morgan fingerprint density at radius 2 is 2.10 bits per heavy atom. The molecule has 2 aromatic rings. The van der Waals surface area contributed by atoms with Gasteiger partial charge in [0, 0.05) is 15.6 Å². The van der Waals surface area contributed by atoms with E-state index in [-0.39, 0.29) is 0 Å². The molecule has 1 aliphatic heterocycles. The van der Waals surface area contributed by atoms with Crippen LogP contribution in [0.1, 0.15) is 22.8 Å². The largest absolute Gasteiger partial charge is 0.481 e. The Labute approximate surface area is 124 Å². The summed E-state index contributed by atoms with van der Waals surface area (Å²) in [5.41, 5.74) is 1.66. The first-order valence-corrected chi connectivity index (χ1v) is 6.81. The Morgan fingerprint density at radius 1 is 1.25 bits per heavy atom. The molecule has 0 saturated heterocycles. The van der Waals surface area contributed by atoms with Crippen LogP contribution in [0.5, 0.6) is 5.75 Å². The van der Waals surface area contributed by atoms with Gasteiger partial charge in [0.25, 0.3) is 0 Å².